The zero-order chi connectivity index (χ0) is 20.1. The number of carbonyl (C=O) groups is 1. The van der Waals surface area contributed by atoms with Crippen molar-refractivity contribution in [3.05, 3.63) is 30.0 Å². The van der Waals surface area contributed by atoms with Crippen LogP contribution in [0.25, 0.3) is 10.9 Å². The molecule has 0 spiro atoms. The van der Waals surface area contributed by atoms with Crippen LogP contribution in [0.15, 0.2) is 24.4 Å². The van der Waals surface area contributed by atoms with Crippen LogP contribution in [0, 0.1) is 5.92 Å². The lowest BCUT2D eigenvalue weighted by molar-refractivity contribution is 0.0373. The molecule has 1 aliphatic carbocycles. The standard InChI is InChI=1S/C25H33N3O2/c29-25(27-14-13-26-12-5-4-9-19(26)15-27)21-16-28-22(18-7-2-1-3-8-18)17-30-23-11-6-10-20(21)24(23)28/h6,10-11,16,18-19,22H,1-5,7-9,12-15,17H2/t19-,22-/m0/s1. The number of aromatic nitrogens is 1. The molecule has 160 valence electrons. The number of nitrogens with zero attached hydrogens (tertiary/aromatic N) is 3. The number of amides is 1. The lowest BCUT2D eigenvalue weighted by atomic mass is 9.83. The summed E-state index contributed by atoms with van der Waals surface area (Å²) in [4.78, 5) is 18.4. The highest BCUT2D eigenvalue weighted by Crippen LogP contribution is 2.42. The quantitative estimate of drug-likeness (QED) is 0.737. The van der Waals surface area contributed by atoms with Crippen molar-refractivity contribution in [3.63, 3.8) is 0 Å². The van der Waals surface area contributed by atoms with Gasteiger partial charge in [0.2, 0.25) is 0 Å². The van der Waals surface area contributed by atoms with Gasteiger partial charge in [0.25, 0.3) is 5.91 Å². The van der Waals surface area contributed by atoms with Crippen LogP contribution in [0.1, 0.15) is 67.8 Å². The number of ether oxygens (including phenoxy) is 1. The number of piperidine rings is 1. The highest BCUT2D eigenvalue weighted by atomic mass is 16.5. The molecular formula is C25H33N3O2. The number of para-hydroxylation sites is 1. The first-order valence-corrected chi connectivity index (χ1v) is 12.1. The highest BCUT2D eigenvalue weighted by molar-refractivity contribution is 6.08. The van der Waals surface area contributed by atoms with Crippen LogP contribution in [0.2, 0.25) is 0 Å². The molecule has 3 aliphatic heterocycles. The van der Waals surface area contributed by atoms with Crippen molar-refractivity contribution >= 4 is 16.8 Å². The van der Waals surface area contributed by atoms with Gasteiger partial charge in [-0.3, -0.25) is 9.69 Å². The molecule has 0 N–H and O–H groups in total. The fourth-order valence-corrected chi connectivity index (χ4v) is 6.48. The van der Waals surface area contributed by atoms with E-state index >= 15 is 0 Å². The largest absolute Gasteiger partial charge is 0.489 e. The molecule has 4 heterocycles. The predicted octanol–water partition coefficient (Wildman–Crippen LogP) is 4.47. The molecule has 3 fully saturated rings. The maximum absolute atomic E-state index is 13.7. The first kappa shape index (κ1) is 18.7. The summed E-state index contributed by atoms with van der Waals surface area (Å²) in [5.41, 5.74) is 2.02. The Balaban J connectivity index is 1.34. The van der Waals surface area contributed by atoms with Gasteiger partial charge in [-0.2, -0.15) is 0 Å². The second kappa shape index (κ2) is 7.60. The van der Waals surface area contributed by atoms with Crippen LogP contribution in [-0.4, -0.2) is 59.1 Å². The van der Waals surface area contributed by atoms with Gasteiger partial charge < -0.3 is 14.2 Å². The summed E-state index contributed by atoms with van der Waals surface area (Å²) in [5, 5.41) is 1.07. The number of piperazine rings is 1. The molecule has 4 aliphatic rings. The van der Waals surface area contributed by atoms with Crippen LogP contribution in [0.4, 0.5) is 0 Å². The zero-order valence-electron chi connectivity index (χ0n) is 17.9. The zero-order valence-corrected chi connectivity index (χ0v) is 17.9. The molecule has 0 bridgehead atoms. The van der Waals surface area contributed by atoms with Gasteiger partial charge >= 0.3 is 0 Å². The molecule has 0 unspecified atom stereocenters. The second-order valence-electron chi connectivity index (χ2n) is 9.82. The molecule has 1 aromatic heterocycles. The van der Waals surface area contributed by atoms with Crippen molar-refractivity contribution in [1.29, 1.82) is 0 Å². The minimum atomic E-state index is 0.213. The smallest absolute Gasteiger partial charge is 0.256 e. The molecule has 2 aromatic rings. The van der Waals surface area contributed by atoms with Gasteiger partial charge in [-0.1, -0.05) is 37.8 Å². The summed E-state index contributed by atoms with van der Waals surface area (Å²) in [6.45, 7) is 4.70. The molecule has 1 aromatic carbocycles. The maximum Gasteiger partial charge on any atom is 0.256 e. The van der Waals surface area contributed by atoms with Crippen LogP contribution in [0.3, 0.4) is 0 Å². The number of hydrogen-bond donors (Lipinski definition) is 0. The summed E-state index contributed by atoms with van der Waals surface area (Å²) in [5.74, 6) is 1.82. The van der Waals surface area contributed by atoms with E-state index < -0.39 is 0 Å². The average molecular weight is 408 g/mol. The van der Waals surface area contributed by atoms with Crippen LogP contribution < -0.4 is 4.74 Å². The van der Waals surface area contributed by atoms with E-state index in [0.29, 0.717) is 18.0 Å². The summed E-state index contributed by atoms with van der Waals surface area (Å²) < 4.78 is 8.63. The van der Waals surface area contributed by atoms with Gasteiger partial charge in [0.1, 0.15) is 12.4 Å². The SMILES string of the molecule is O=C(c1cn2c3c(cccc13)OC[C@H]2C1CCCCC1)N1CCN2CCCC[C@H]2C1. The molecule has 0 radical (unpaired) electrons. The Hall–Kier alpha value is -2.01. The van der Waals surface area contributed by atoms with Crippen molar-refractivity contribution in [1.82, 2.24) is 14.4 Å². The molecule has 5 nitrogen and oxygen atoms in total. The summed E-state index contributed by atoms with van der Waals surface area (Å²) in [7, 11) is 0. The Morgan fingerprint density at radius 3 is 2.73 bits per heavy atom. The molecule has 30 heavy (non-hydrogen) atoms. The topological polar surface area (TPSA) is 37.7 Å². The van der Waals surface area contributed by atoms with Gasteiger partial charge in [-0.15, -0.1) is 0 Å². The Morgan fingerprint density at radius 1 is 0.967 bits per heavy atom. The highest BCUT2D eigenvalue weighted by Gasteiger charge is 2.35. The minimum Gasteiger partial charge on any atom is -0.489 e. The van der Waals surface area contributed by atoms with Gasteiger partial charge in [0, 0.05) is 37.3 Å². The molecule has 2 atom stereocenters. The minimum absolute atomic E-state index is 0.213. The van der Waals surface area contributed by atoms with Gasteiger partial charge in [0.15, 0.2) is 0 Å². The number of carbonyl (C=O) groups excluding carboxylic acids is 1. The Morgan fingerprint density at radius 2 is 1.83 bits per heavy atom. The maximum atomic E-state index is 13.7. The van der Waals surface area contributed by atoms with Crippen molar-refractivity contribution in [2.75, 3.05) is 32.8 Å². The normalized spacial score (nSPS) is 27.7. The van der Waals surface area contributed by atoms with Crippen LogP contribution in [0.5, 0.6) is 5.75 Å². The van der Waals surface area contributed by atoms with E-state index in [4.69, 9.17) is 4.74 Å². The fraction of sp³-hybridized carbons (Fsp3) is 0.640. The molecule has 1 saturated carbocycles. The fourth-order valence-electron chi connectivity index (χ4n) is 6.48. The average Bonchev–Trinajstić information content (AvgIpc) is 3.20. The lowest BCUT2D eigenvalue weighted by Crippen LogP contribution is -2.56. The van der Waals surface area contributed by atoms with Gasteiger partial charge in [-0.05, 0) is 44.2 Å². The molecule has 5 heteroatoms. The van der Waals surface area contributed by atoms with E-state index in [1.807, 2.05) is 6.07 Å². The van der Waals surface area contributed by atoms with Crippen molar-refractivity contribution in [2.45, 2.75) is 63.5 Å². The molecule has 6 rings (SSSR count). The molecular weight excluding hydrogens is 374 g/mol. The molecule has 2 saturated heterocycles. The second-order valence-corrected chi connectivity index (χ2v) is 9.82. The lowest BCUT2D eigenvalue weighted by Gasteiger charge is -2.44. The van der Waals surface area contributed by atoms with Crippen molar-refractivity contribution in [2.24, 2.45) is 5.92 Å². The number of fused-ring (bicyclic) bond motifs is 1. The van der Waals surface area contributed by atoms with E-state index in [1.54, 1.807) is 0 Å². The number of rotatable bonds is 2. The van der Waals surface area contributed by atoms with Gasteiger partial charge in [-0.25, -0.2) is 0 Å². The summed E-state index contributed by atoms with van der Waals surface area (Å²) in [6.07, 6.45) is 12.6. The van der Waals surface area contributed by atoms with Gasteiger partial charge in [0.05, 0.1) is 17.1 Å². The van der Waals surface area contributed by atoms with E-state index in [9.17, 15) is 4.79 Å². The van der Waals surface area contributed by atoms with E-state index in [1.165, 1.54) is 57.9 Å². The number of benzene rings is 1. The summed E-state index contributed by atoms with van der Waals surface area (Å²) in [6, 6.07) is 7.13. The first-order chi connectivity index (χ1) is 14.8. The van der Waals surface area contributed by atoms with E-state index in [-0.39, 0.29) is 5.91 Å². The third-order valence-electron chi connectivity index (χ3n) is 8.13. The predicted molar refractivity (Wildman–Crippen MR) is 118 cm³/mol. The Kier molecular flexibility index (Phi) is 4.74. The Labute approximate surface area is 179 Å². The summed E-state index contributed by atoms with van der Waals surface area (Å²) >= 11 is 0. The van der Waals surface area contributed by atoms with E-state index in [0.717, 1.165) is 48.5 Å². The third-order valence-corrected chi connectivity index (χ3v) is 8.13. The number of hydrogen-bond acceptors (Lipinski definition) is 3. The third kappa shape index (κ3) is 3.05. The van der Waals surface area contributed by atoms with Crippen LogP contribution >= 0.6 is 0 Å². The van der Waals surface area contributed by atoms with E-state index in [2.05, 4.69) is 32.7 Å². The van der Waals surface area contributed by atoms with Crippen molar-refractivity contribution < 1.29 is 9.53 Å². The Bertz CT molecular complexity index is 945. The molecule has 1 amide bonds. The van der Waals surface area contributed by atoms with Crippen molar-refractivity contribution in [3.8, 4) is 5.75 Å². The van der Waals surface area contributed by atoms with Crippen LogP contribution in [-0.2, 0) is 0 Å². The monoisotopic (exact) mass is 407 g/mol. The first-order valence-electron chi connectivity index (χ1n) is 12.1.